The summed E-state index contributed by atoms with van der Waals surface area (Å²) in [5.41, 5.74) is 0.604. The molecule has 0 fully saturated rings. The van der Waals surface area contributed by atoms with Crippen molar-refractivity contribution < 1.29 is 26.7 Å². The van der Waals surface area contributed by atoms with Crippen LogP contribution in [0.2, 0.25) is 0 Å². The van der Waals surface area contributed by atoms with Crippen LogP contribution in [0.3, 0.4) is 0 Å². The first-order chi connectivity index (χ1) is 5.70. The number of hydrogen-bond donors (Lipinski definition) is 0. The molecule has 0 saturated heterocycles. The minimum absolute atomic E-state index is 0. The molecule has 0 spiro atoms. The van der Waals surface area contributed by atoms with E-state index in [-0.39, 0.29) is 35.1 Å². The van der Waals surface area contributed by atoms with E-state index < -0.39 is 0 Å². The van der Waals surface area contributed by atoms with E-state index in [1.807, 2.05) is 6.07 Å². The van der Waals surface area contributed by atoms with Crippen LogP contribution < -0.4 is 0 Å². The fourth-order valence-electron chi connectivity index (χ4n) is 0.952. The summed E-state index contributed by atoms with van der Waals surface area (Å²) in [5.74, 6) is -0.202. The van der Waals surface area contributed by atoms with Crippen LogP contribution in [0.25, 0.3) is 0 Å². The molecule has 0 N–H and O–H groups in total. The fourth-order valence-corrected chi connectivity index (χ4v) is 0.952. The number of ketones is 2. The SMILES string of the molecule is CC(=O)CC(=O)c1ccccc1.[Cu+2]. The van der Waals surface area contributed by atoms with Crippen molar-refractivity contribution in [3.8, 4) is 0 Å². The summed E-state index contributed by atoms with van der Waals surface area (Å²) in [7, 11) is 0. The van der Waals surface area contributed by atoms with E-state index in [2.05, 4.69) is 0 Å². The summed E-state index contributed by atoms with van der Waals surface area (Å²) in [6.07, 6.45) is 0.00398. The van der Waals surface area contributed by atoms with E-state index in [1.165, 1.54) is 6.92 Å². The Labute approximate surface area is 87.8 Å². The molecule has 0 saturated carbocycles. The van der Waals surface area contributed by atoms with Gasteiger partial charge in [-0.05, 0) is 6.92 Å². The monoisotopic (exact) mass is 225 g/mol. The second kappa shape index (κ2) is 5.68. The molecule has 13 heavy (non-hydrogen) atoms. The van der Waals surface area contributed by atoms with Crippen molar-refractivity contribution in [1.82, 2.24) is 0 Å². The van der Waals surface area contributed by atoms with Crippen LogP contribution in [-0.4, -0.2) is 11.6 Å². The zero-order valence-electron chi connectivity index (χ0n) is 7.21. The van der Waals surface area contributed by atoms with Gasteiger partial charge in [0.2, 0.25) is 0 Å². The van der Waals surface area contributed by atoms with E-state index >= 15 is 0 Å². The van der Waals surface area contributed by atoms with Gasteiger partial charge in [-0.3, -0.25) is 9.59 Å². The quantitative estimate of drug-likeness (QED) is 0.447. The van der Waals surface area contributed by atoms with Crippen LogP contribution in [0.4, 0.5) is 0 Å². The van der Waals surface area contributed by atoms with Crippen LogP contribution in [0.15, 0.2) is 30.3 Å². The molecule has 1 rings (SSSR count). The maximum atomic E-state index is 11.2. The molecule has 0 aliphatic carbocycles. The average molecular weight is 226 g/mol. The topological polar surface area (TPSA) is 34.1 Å². The Kier molecular flexibility index (Phi) is 5.28. The van der Waals surface area contributed by atoms with Gasteiger partial charge in [0.05, 0.1) is 6.42 Å². The van der Waals surface area contributed by atoms with E-state index in [9.17, 15) is 9.59 Å². The molecule has 1 aromatic carbocycles. The van der Waals surface area contributed by atoms with Gasteiger partial charge in [0.25, 0.3) is 0 Å². The Morgan fingerprint density at radius 3 is 2.15 bits per heavy atom. The van der Waals surface area contributed by atoms with Gasteiger partial charge < -0.3 is 0 Å². The number of carbonyl (C=O) groups is 2. The van der Waals surface area contributed by atoms with Crippen molar-refractivity contribution in [2.24, 2.45) is 0 Å². The van der Waals surface area contributed by atoms with Gasteiger partial charge in [0, 0.05) is 5.56 Å². The minimum atomic E-state index is -0.108. The van der Waals surface area contributed by atoms with Crippen LogP contribution in [0.5, 0.6) is 0 Å². The van der Waals surface area contributed by atoms with Crippen molar-refractivity contribution in [2.45, 2.75) is 13.3 Å². The molecule has 1 aromatic rings. The molecule has 71 valence electrons. The van der Waals surface area contributed by atoms with Crippen LogP contribution >= 0.6 is 0 Å². The largest absolute Gasteiger partial charge is 2.00 e. The number of rotatable bonds is 3. The molecule has 0 aliphatic rings. The number of Topliss-reactive ketones (excluding diaryl/α,β-unsaturated/α-hetero) is 2. The van der Waals surface area contributed by atoms with Crippen LogP contribution in [-0.2, 0) is 21.9 Å². The summed E-state index contributed by atoms with van der Waals surface area (Å²) < 4.78 is 0. The van der Waals surface area contributed by atoms with Gasteiger partial charge in [-0.25, -0.2) is 0 Å². The summed E-state index contributed by atoms with van der Waals surface area (Å²) in [6.45, 7) is 1.42. The van der Waals surface area contributed by atoms with Gasteiger partial charge in [-0.15, -0.1) is 0 Å². The molecule has 0 heterocycles. The normalized spacial score (nSPS) is 8.69. The average Bonchev–Trinajstić information content (AvgIpc) is 2.05. The third-order valence-corrected chi connectivity index (χ3v) is 1.51. The van der Waals surface area contributed by atoms with Crippen molar-refractivity contribution in [3.63, 3.8) is 0 Å². The van der Waals surface area contributed by atoms with Crippen molar-refractivity contribution in [2.75, 3.05) is 0 Å². The van der Waals surface area contributed by atoms with E-state index in [0.29, 0.717) is 5.56 Å². The Hall–Kier alpha value is -0.921. The second-order valence-electron chi connectivity index (χ2n) is 2.67. The molecule has 0 aliphatic heterocycles. The molecule has 0 atom stereocenters. The van der Waals surface area contributed by atoms with Gasteiger partial charge in [0.15, 0.2) is 5.78 Å². The Morgan fingerprint density at radius 2 is 1.69 bits per heavy atom. The third-order valence-electron chi connectivity index (χ3n) is 1.51. The van der Waals surface area contributed by atoms with Gasteiger partial charge in [0.1, 0.15) is 5.78 Å². The van der Waals surface area contributed by atoms with E-state index in [1.54, 1.807) is 24.3 Å². The zero-order chi connectivity index (χ0) is 8.97. The number of benzene rings is 1. The van der Waals surface area contributed by atoms with E-state index in [4.69, 9.17) is 0 Å². The predicted molar refractivity (Wildman–Crippen MR) is 46.1 cm³/mol. The van der Waals surface area contributed by atoms with Gasteiger partial charge in [-0.2, -0.15) is 0 Å². The Bertz CT molecular complexity index is 293. The molecule has 0 amide bonds. The maximum Gasteiger partial charge on any atom is 2.00 e. The van der Waals surface area contributed by atoms with E-state index in [0.717, 1.165) is 0 Å². The molecular formula is C10H10CuO2+2. The van der Waals surface area contributed by atoms with Crippen LogP contribution in [0, 0.1) is 0 Å². The number of carbonyl (C=O) groups excluding carboxylic acids is 2. The third kappa shape index (κ3) is 4.02. The Balaban J connectivity index is 0.00000144. The molecule has 2 nitrogen and oxygen atoms in total. The molecule has 0 bridgehead atoms. The van der Waals surface area contributed by atoms with Crippen molar-refractivity contribution in [1.29, 1.82) is 0 Å². The fraction of sp³-hybridized carbons (Fsp3) is 0.200. The minimum Gasteiger partial charge on any atom is -0.300 e. The first kappa shape index (κ1) is 12.1. The molecular weight excluding hydrogens is 216 g/mol. The summed E-state index contributed by atoms with van der Waals surface area (Å²) in [5, 5.41) is 0. The summed E-state index contributed by atoms with van der Waals surface area (Å²) >= 11 is 0. The molecule has 0 aromatic heterocycles. The van der Waals surface area contributed by atoms with Crippen molar-refractivity contribution in [3.05, 3.63) is 35.9 Å². The molecule has 0 unspecified atom stereocenters. The maximum absolute atomic E-state index is 11.2. The Morgan fingerprint density at radius 1 is 1.15 bits per heavy atom. The zero-order valence-corrected chi connectivity index (χ0v) is 8.15. The van der Waals surface area contributed by atoms with Crippen molar-refractivity contribution >= 4 is 11.6 Å². The van der Waals surface area contributed by atoms with Gasteiger partial charge in [-0.1, -0.05) is 30.3 Å². The molecule has 1 radical (unpaired) electrons. The summed E-state index contributed by atoms with van der Waals surface area (Å²) in [4.78, 5) is 21.8. The first-order valence-electron chi connectivity index (χ1n) is 3.78. The number of hydrogen-bond acceptors (Lipinski definition) is 2. The summed E-state index contributed by atoms with van der Waals surface area (Å²) in [6, 6.07) is 8.84. The van der Waals surface area contributed by atoms with Crippen LogP contribution in [0.1, 0.15) is 23.7 Å². The second-order valence-corrected chi connectivity index (χ2v) is 2.67. The van der Waals surface area contributed by atoms with Gasteiger partial charge >= 0.3 is 17.1 Å². The predicted octanol–water partition coefficient (Wildman–Crippen LogP) is 1.85. The molecule has 3 heteroatoms. The standard InChI is InChI=1S/C10H10O2.Cu/c1-8(11)7-10(12)9-5-3-2-4-6-9;/h2-6H,7H2,1H3;/q;+2. The first-order valence-corrected chi connectivity index (χ1v) is 3.78. The smallest absolute Gasteiger partial charge is 0.300 e.